The maximum absolute atomic E-state index is 12.5. The second-order valence-electron chi connectivity index (χ2n) is 6.58. The summed E-state index contributed by atoms with van der Waals surface area (Å²) in [6.07, 6.45) is 1.70. The van der Waals surface area contributed by atoms with Crippen molar-refractivity contribution in [3.8, 4) is 0 Å². The molecule has 0 saturated carbocycles. The summed E-state index contributed by atoms with van der Waals surface area (Å²) in [7, 11) is 1.70. The van der Waals surface area contributed by atoms with Gasteiger partial charge in [-0.05, 0) is 48.9 Å². The van der Waals surface area contributed by atoms with Crippen molar-refractivity contribution >= 4 is 29.1 Å². The van der Waals surface area contributed by atoms with Gasteiger partial charge < -0.3 is 20.9 Å². The molecule has 3 rings (SSSR count). The van der Waals surface area contributed by atoms with Crippen molar-refractivity contribution in [2.75, 3.05) is 23.0 Å². The Kier molecular flexibility index (Phi) is 6.42. The summed E-state index contributed by atoms with van der Waals surface area (Å²) in [6, 6.07) is 19.5. The highest BCUT2D eigenvalue weighted by Gasteiger charge is 2.12. The van der Waals surface area contributed by atoms with E-state index in [-0.39, 0.29) is 12.1 Å². The molecule has 0 atom stereocenters. The minimum atomic E-state index is -0.357. The number of hydrogen-bond donors (Lipinski definition) is 3. The summed E-state index contributed by atoms with van der Waals surface area (Å²) in [5, 5.41) is 8.41. The Labute approximate surface area is 169 Å². The molecule has 3 N–H and O–H groups in total. The molecule has 0 aliphatic rings. The second kappa shape index (κ2) is 9.36. The van der Waals surface area contributed by atoms with Gasteiger partial charge in [-0.2, -0.15) is 0 Å². The smallest absolute Gasteiger partial charge is 0.322 e. The van der Waals surface area contributed by atoms with Crippen LogP contribution >= 0.6 is 0 Å². The molecule has 7 nitrogen and oxygen atoms in total. The van der Waals surface area contributed by atoms with Crippen LogP contribution in [0.2, 0.25) is 0 Å². The zero-order valence-corrected chi connectivity index (χ0v) is 16.3. The van der Waals surface area contributed by atoms with E-state index in [9.17, 15) is 9.59 Å². The molecule has 0 fully saturated rings. The number of nitrogens with zero attached hydrogens (tertiary/aromatic N) is 2. The number of benzene rings is 2. The van der Waals surface area contributed by atoms with Crippen LogP contribution in [0, 0.1) is 6.92 Å². The summed E-state index contributed by atoms with van der Waals surface area (Å²) >= 11 is 0. The van der Waals surface area contributed by atoms with Crippen LogP contribution in [0.15, 0.2) is 72.9 Å². The summed E-state index contributed by atoms with van der Waals surface area (Å²) in [5.74, 6) is 0. The molecule has 0 aliphatic heterocycles. The van der Waals surface area contributed by atoms with Crippen LogP contribution in [0.5, 0.6) is 0 Å². The van der Waals surface area contributed by atoms with Gasteiger partial charge in [-0.3, -0.25) is 4.98 Å². The summed E-state index contributed by atoms with van der Waals surface area (Å²) in [4.78, 5) is 30.5. The van der Waals surface area contributed by atoms with E-state index in [0.29, 0.717) is 23.6 Å². The third-order valence-corrected chi connectivity index (χ3v) is 4.24. The van der Waals surface area contributed by atoms with E-state index in [1.165, 1.54) is 0 Å². The van der Waals surface area contributed by atoms with E-state index in [1.807, 2.05) is 49.4 Å². The van der Waals surface area contributed by atoms with E-state index in [2.05, 4.69) is 20.9 Å². The number of carbonyl (C=O) groups excluding carboxylic acids is 2. The van der Waals surface area contributed by atoms with Crippen molar-refractivity contribution in [3.05, 3.63) is 84.2 Å². The van der Waals surface area contributed by atoms with E-state index < -0.39 is 0 Å². The van der Waals surface area contributed by atoms with E-state index in [1.54, 1.807) is 42.4 Å². The van der Waals surface area contributed by atoms with Gasteiger partial charge in [0.25, 0.3) is 0 Å². The largest absolute Gasteiger partial charge is 0.323 e. The fourth-order valence-electron chi connectivity index (χ4n) is 2.67. The molecule has 7 heteroatoms. The van der Waals surface area contributed by atoms with Crippen LogP contribution in [-0.4, -0.2) is 29.0 Å². The molecule has 4 amide bonds. The Balaban J connectivity index is 1.62. The van der Waals surface area contributed by atoms with Crippen LogP contribution in [0.1, 0.15) is 11.3 Å². The Morgan fingerprint density at radius 2 is 1.62 bits per heavy atom. The number of pyridine rings is 1. The van der Waals surface area contributed by atoms with Gasteiger partial charge in [0.1, 0.15) is 0 Å². The first-order valence-electron chi connectivity index (χ1n) is 9.17. The zero-order chi connectivity index (χ0) is 20.6. The Hall–Kier alpha value is -3.87. The lowest BCUT2D eigenvalue weighted by Crippen LogP contribution is -2.31. The second-order valence-corrected chi connectivity index (χ2v) is 6.58. The summed E-state index contributed by atoms with van der Waals surface area (Å²) in [6.45, 7) is 2.28. The number of aromatic nitrogens is 1. The SMILES string of the molecule is Cc1ccc(NC(=O)Nc2ccccc2)cc1NC(=O)N(C)Cc1ccccn1. The first kappa shape index (κ1) is 19.9. The quantitative estimate of drug-likeness (QED) is 0.591. The van der Waals surface area contributed by atoms with E-state index >= 15 is 0 Å². The monoisotopic (exact) mass is 389 g/mol. The van der Waals surface area contributed by atoms with Gasteiger partial charge in [0, 0.05) is 30.3 Å². The molecule has 0 bridgehead atoms. The molecular formula is C22H23N5O2. The van der Waals surface area contributed by atoms with Crippen molar-refractivity contribution in [3.63, 3.8) is 0 Å². The van der Waals surface area contributed by atoms with Gasteiger partial charge in [0.2, 0.25) is 0 Å². The minimum absolute atomic E-state index is 0.260. The number of anilines is 3. The number of aryl methyl sites for hydroxylation is 1. The standard InChI is InChI=1S/C22H23N5O2/c1-16-11-12-18(25-21(28)24-17-8-4-3-5-9-17)14-20(16)26-22(29)27(2)15-19-10-6-7-13-23-19/h3-14H,15H2,1-2H3,(H,26,29)(H2,24,25,28). The summed E-state index contributed by atoms with van der Waals surface area (Å²) in [5.41, 5.74) is 3.59. The van der Waals surface area contributed by atoms with E-state index in [0.717, 1.165) is 11.3 Å². The first-order valence-corrected chi connectivity index (χ1v) is 9.17. The zero-order valence-electron chi connectivity index (χ0n) is 16.3. The maximum atomic E-state index is 12.5. The summed E-state index contributed by atoms with van der Waals surface area (Å²) < 4.78 is 0. The fraction of sp³-hybridized carbons (Fsp3) is 0.136. The Morgan fingerprint density at radius 3 is 2.34 bits per heavy atom. The average molecular weight is 389 g/mol. The highest BCUT2D eigenvalue weighted by atomic mass is 16.2. The number of rotatable bonds is 5. The van der Waals surface area contributed by atoms with E-state index in [4.69, 9.17) is 0 Å². The highest BCUT2D eigenvalue weighted by molar-refractivity contribution is 6.00. The Bertz CT molecular complexity index is 977. The van der Waals surface area contributed by atoms with Gasteiger partial charge in [-0.1, -0.05) is 30.3 Å². The van der Waals surface area contributed by atoms with Gasteiger partial charge in [0.05, 0.1) is 12.2 Å². The molecule has 148 valence electrons. The molecule has 1 aromatic heterocycles. The van der Waals surface area contributed by atoms with Crippen molar-refractivity contribution in [2.24, 2.45) is 0 Å². The molecule has 1 heterocycles. The molecule has 0 aliphatic carbocycles. The lowest BCUT2D eigenvalue weighted by Gasteiger charge is -2.19. The van der Waals surface area contributed by atoms with Crippen molar-refractivity contribution in [1.29, 1.82) is 0 Å². The number of hydrogen-bond acceptors (Lipinski definition) is 3. The highest BCUT2D eigenvalue weighted by Crippen LogP contribution is 2.21. The first-order chi connectivity index (χ1) is 14.0. The normalized spacial score (nSPS) is 10.1. The van der Waals surface area contributed by atoms with Crippen LogP contribution in [0.25, 0.3) is 0 Å². The molecule has 0 spiro atoms. The third kappa shape index (κ3) is 5.80. The molecule has 29 heavy (non-hydrogen) atoms. The van der Waals surface area contributed by atoms with Crippen molar-refractivity contribution in [1.82, 2.24) is 9.88 Å². The van der Waals surface area contributed by atoms with Crippen LogP contribution in [0.3, 0.4) is 0 Å². The van der Waals surface area contributed by atoms with Gasteiger partial charge in [0.15, 0.2) is 0 Å². The topological polar surface area (TPSA) is 86.4 Å². The molecular weight excluding hydrogens is 366 g/mol. The number of nitrogens with one attached hydrogen (secondary N) is 3. The van der Waals surface area contributed by atoms with Crippen LogP contribution in [0.4, 0.5) is 26.7 Å². The Morgan fingerprint density at radius 1 is 0.897 bits per heavy atom. The average Bonchev–Trinajstić information content (AvgIpc) is 2.72. The lowest BCUT2D eigenvalue weighted by atomic mass is 10.2. The fourth-order valence-corrected chi connectivity index (χ4v) is 2.67. The number of amides is 4. The van der Waals surface area contributed by atoms with Gasteiger partial charge in [-0.15, -0.1) is 0 Å². The molecule has 0 saturated heterocycles. The van der Waals surface area contributed by atoms with Gasteiger partial charge >= 0.3 is 12.1 Å². The number of urea groups is 2. The molecule has 0 radical (unpaired) electrons. The predicted octanol–water partition coefficient (Wildman–Crippen LogP) is 4.70. The minimum Gasteiger partial charge on any atom is -0.322 e. The molecule has 0 unspecified atom stereocenters. The third-order valence-electron chi connectivity index (χ3n) is 4.24. The van der Waals surface area contributed by atoms with Gasteiger partial charge in [-0.25, -0.2) is 9.59 Å². The van der Waals surface area contributed by atoms with Crippen molar-refractivity contribution in [2.45, 2.75) is 13.5 Å². The predicted molar refractivity (Wildman–Crippen MR) is 115 cm³/mol. The van der Waals surface area contributed by atoms with Crippen LogP contribution in [-0.2, 0) is 6.54 Å². The van der Waals surface area contributed by atoms with Crippen molar-refractivity contribution < 1.29 is 9.59 Å². The van der Waals surface area contributed by atoms with Crippen LogP contribution < -0.4 is 16.0 Å². The maximum Gasteiger partial charge on any atom is 0.323 e. The number of carbonyl (C=O) groups is 2. The lowest BCUT2D eigenvalue weighted by molar-refractivity contribution is 0.220. The molecule has 2 aromatic carbocycles. The molecule has 3 aromatic rings. The number of para-hydroxylation sites is 1.